The van der Waals surface area contributed by atoms with Crippen LogP contribution in [-0.4, -0.2) is 32.8 Å². The number of nitrogens with one attached hydrogen (secondary N) is 1. The van der Waals surface area contributed by atoms with E-state index in [9.17, 15) is 14.4 Å². The van der Waals surface area contributed by atoms with Gasteiger partial charge in [0, 0.05) is 7.05 Å². The van der Waals surface area contributed by atoms with Gasteiger partial charge < -0.3 is 4.74 Å². The fourth-order valence-electron chi connectivity index (χ4n) is 1.18. The van der Waals surface area contributed by atoms with Crippen molar-refractivity contribution in [2.24, 2.45) is 7.05 Å². The van der Waals surface area contributed by atoms with E-state index in [0.717, 1.165) is 23.1 Å². The van der Waals surface area contributed by atoms with E-state index in [4.69, 9.17) is 11.6 Å². The molecule has 0 amide bonds. The molecule has 0 spiro atoms. The van der Waals surface area contributed by atoms with Gasteiger partial charge in [0.2, 0.25) is 0 Å². The number of halogens is 1. The smallest absolute Gasteiger partial charge is 0.351 e. The van der Waals surface area contributed by atoms with Crippen molar-refractivity contribution in [3.8, 4) is 0 Å². The molecule has 0 aliphatic heterocycles. The average molecular weight is 335 g/mol. The van der Waals surface area contributed by atoms with Gasteiger partial charge >= 0.3 is 17.1 Å². The number of hydrogen-bond donors (Lipinski definition) is 1. The van der Waals surface area contributed by atoms with Crippen LogP contribution in [-0.2, 0) is 11.8 Å². The van der Waals surface area contributed by atoms with E-state index in [1.165, 1.54) is 18.8 Å². The summed E-state index contributed by atoms with van der Waals surface area (Å²) in [5.74, 6) is -0.595. The van der Waals surface area contributed by atoms with Crippen LogP contribution in [0.2, 0.25) is 5.15 Å². The number of thiazole rings is 1. The van der Waals surface area contributed by atoms with E-state index in [1.807, 2.05) is 0 Å². The van der Waals surface area contributed by atoms with E-state index in [1.54, 1.807) is 0 Å². The second-order valence-electron chi connectivity index (χ2n) is 3.39. The van der Waals surface area contributed by atoms with E-state index in [2.05, 4.69) is 19.8 Å². The van der Waals surface area contributed by atoms with Gasteiger partial charge in [-0.2, -0.15) is 4.98 Å². The SMILES string of the molecule is COC(=O)c1sc(Sc2nc(=O)c(=O)[nH]n2C)nc1Cl. The molecule has 0 fully saturated rings. The number of nitrogens with zero attached hydrogens (tertiary/aromatic N) is 3. The van der Waals surface area contributed by atoms with Gasteiger partial charge in [0.25, 0.3) is 0 Å². The molecule has 0 atom stereocenters. The molecule has 0 aliphatic carbocycles. The van der Waals surface area contributed by atoms with Gasteiger partial charge in [-0.25, -0.2) is 9.78 Å². The van der Waals surface area contributed by atoms with Crippen LogP contribution < -0.4 is 11.1 Å². The molecule has 0 radical (unpaired) electrons. The molecule has 0 unspecified atom stereocenters. The molecule has 8 nitrogen and oxygen atoms in total. The number of carbonyl (C=O) groups excluding carboxylic acids is 1. The standard InChI is InChI=1S/C9H7ClN4O4S2/c1-14-8(12-5(15)6(16)13-14)20-9-11-4(10)3(19-9)7(17)18-2/h1-2H3,(H,13,16). The van der Waals surface area contributed by atoms with Crippen molar-refractivity contribution in [3.63, 3.8) is 0 Å². The molecule has 0 aliphatic rings. The van der Waals surface area contributed by atoms with Crippen LogP contribution in [0.3, 0.4) is 0 Å². The number of aryl methyl sites for hydroxylation is 1. The van der Waals surface area contributed by atoms with Gasteiger partial charge in [-0.3, -0.25) is 19.4 Å². The molecule has 0 bridgehead atoms. The van der Waals surface area contributed by atoms with Crippen molar-refractivity contribution < 1.29 is 9.53 Å². The van der Waals surface area contributed by atoms with Crippen molar-refractivity contribution in [2.75, 3.05) is 7.11 Å². The normalized spacial score (nSPS) is 10.6. The average Bonchev–Trinajstić information content (AvgIpc) is 2.76. The highest BCUT2D eigenvalue weighted by Gasteiger charge is 2.19. The van der Waals surface area contributed by atoms with Crippen LogP contribution >= 0.6 is 34.7 Å². The van der Waals surface area contributed by atoms with Crippen molar-refractivity contribution in [3.05, 3.63) is 30.7 Å². The molecule has 0 saturated carbocycles. The summed E-state index contributed by atoms with van der Waals surface area (Å²) in [6.45, 7) is 0. The van der Waals surface area contributed by atoms with Crippen LogP contribution in [0, 0.1) is 0 Å². The molecule has 0 aromatic carbocycles. The largest absolute Gasteiger partial charge is 0.465 e. The molecule has 20 heavy (non-hydrogen) atoms. The second kappa shape index (κ2) is 5.77. The number of H-pyrrole nitrogens is 1. The first kappa shape index (κ1) is 14.8. The van der Waals surface area contributed by atoms with Gasteiger partial charge in [0.1, 0.15) is 0 Å². The second-order valence-corrected chi connectivity index (χ2v) is 5.96. The Morgan fingerprint density at radius 1 is 1.45 bits per heavy atom. The molecule has 1 N–H and O–H groups in total. The number of methoxy groups -OCH3 is 1. The molecule has 2 aromatic rings. The minimum atomic E-state index is -0.901. The first-order chi connectivity index (χ1) is 9.42. The lowest BCUT2D eigenvalue weighted by Gasteiger charge is -2.02. The minimum absolute atomic E-state index is 0.0128. The Labute approximate surface area is 124 Å². The van der Waals surface area contributed by atoms with Crippen LogP contribution in [0.5, 0.6) is 0 Å². The Morgan fingerprint density at radius 2 is 2.15 bits per heavy atom. The number of carbonyl (C=O) groups is 1. The zero-order valence-corrected chi connectivity index (χ0v) is 12.6. The Morgan fingerprint density at radius 3 is 2.80 bits per heavy atom. The van der Waals surface area contributed by atoms with Crippen LogP contribution in [0.1, 0.15) is 9.67 Å². The number of hydrogen-bond acceptors (Lipinski definition) is 8. The third kappa shape index (κ3) is 2.92. The fraction of sp³-hybridized carbons (Fsp3) is 0.222. The maximum Gasteiger partial charge on any atom is 0.351 e. The molecule has 2 heterocycles. The van der Waals surface area contributed by atoms with E-state index >= 15 is 0 Å². The van der Waals surface area contributed by atoms with E-state index < -0.39 is 17.1 Å². The van der Waals surface area contributed by atoms with E-state index in [-0.39, 0.29) is 15.2 Å². The Bertz CT molecular complexity index is 781. The van der Waals surface area contributed by atoms with Crippen molar-refractivity contribution in [2.45, 2.75) is 9.50 Å². The minimum Gasteiger partial charge on any atom is -0.465 e. The number of rotatable bonds is 3. The zero-order valence-electron chi connectivity index (χ0n) is 10.2. The summed E-state index contributed by atoms with van der Waals surface area (Å²) >= 11 is 7.82. The summed E-state index contributed by atoms with van der Waals surface area (Å²) < 4.78 is 6.23. The highest BCUT2D eigenvalue weighted by atomic mass is 35.5. The maximum atomic E-state index is 11.4. The maximum absolute atomic E-state index is 11.4. The fourth-order valence-corrected chi connectivity index (χ4v) is 3.41. The van der Waals surface area contributed by atoms with Crippen LogP contribution in [0.25, 0.3) is 0 Å². The number of ether oxygens (including phenoxy) is 1. The number of aromatic nitrogens is 4. The summed E-state index contributed by atoms with van der Waals surface area (Å²) in [6, 6.07) is 0. The van der Waals surface area contributed by atoms with Crippen LogP contribution in [0.15, 0.2) is 19.1 Å². The van der Waals surface area contributed by atoms with Crippen molar-refractivity contribution in [1.29, 1.82) is 0 Å². The topological polar surface area (TPSA) is 107 Å². The summed E-state index contributed by atoms with van der Waals surface area (Å²) in [6.07, 6.45) is 0. The van der Waals surface area contributed by atoms with Gasteiger partial charge in [0.05, 0.1) is 7.11 Å². The Hall–Kier alpha value is -1.65. The van der Waals surface area contributed by atoms with Gasteiger partial charge in [-0.15, -0.1) is 0 Å². The molecule has 106 valence electrons. The lowest BCUT2D eigenvalue weighted by atomic mass is 10.6. The third-order valence-corrected chi connectivity index (χ3v) is 4.59. The predicted octanol–water partition coefficient (Wildman–Crippen LogP) is 0.516. The lowest BCUT2D eigenvalue weighted by molar-refractivity contribution is 0.0606. The van der Waals surface area contributed by atoms with Gasteiger partial charge in [0.15, 0.2) is 19.5 Å². The highest BCUT2D eigenvalue weighted by Crippen LogP contribution is 2.33. The van der Waals surface area contributed by atoms with Crippen molar-refractivity contribution >= 4 is 40.7 Å². The monoisotopic (exact) mass is 334 g/mol. The Kier molecular flexibility index (Phi) is 4.26. The summed E-state index contributed by atoms with van der Waals surface area (Å²) in [7, 11) is 2.75. The molecule has 2 rings (SSSR count). The van der Waals surface area contributed by atoms with Gasteiger partial charge in [-0.1, -0.05) is 22.9 Å². The highest BCUT2D eigenvalue weighted by molar-refractivity contribution is 8.00. The van der Waals surface area contributed by atoms with Crippen LogP contribution in [0.4, 0.5) is 0 Å². The summed E-state index contributed by atoms with van der Waals surface area (Å²) in [4.78, 5) is 41.4. The van der Waals surface area contributed by atoms with Gasteiger partial charge in [-0.05, 0) is 11.8 Å². The lowest BCUT2D eigenvalue weighted by Crippen LogP contribution is -2.33. The molecular formula is C9H7ClN4O4S2. The predicted molar refractivity (Wildman–Crippen MR) is 72.7 cm³/mol. The third-order valence-electron chi connectivity index (χ3n) is 2.06. The first-order valence-corrected chi connectivity index (χ1v) is 7.03. The molecule has 2 aromatic heterocycles. The molecule has 0 saturated heterocycles. The zero-order chi connectivity index (χ0) is 14.9. The number of esters is 1. The number of aromatic amines is 1. The summed E-state index contributed by atoms with van der Waals surface area (Å²) in [5, 5.41) is 2.53. The first-order valence-electron chi connectivity index (χ1n) is 5.02. The summed E-state index contributed by atoms with van der Waals surface area (Å²) in [5.41, 5.74) is -1.72. The van der Waals surface area contributed by atoms with E-state index in [0.29, 0.717) is 4.34 Å². The molecular weight excluding hydrogens is 328 g/mol. The quantitative estimate of drug-likeness (QED) is 0.644. The Balaban J connectivity index is 2.36. The van der Waals surface area contributed by atoms with Crippen molar-refractivity contribution in [1.82, 2.24) is 19.7 Å². The molecule has 11 heteroatoms.